The number of carbonyl (C=O) groups is 1. The van der Waals surface area contributed by atoms with Gasteiger partial charge in [0.05, 0.1) is 12.7 Å². The van der Waals surface area contributed by atoms with Crippen molar-refractivity contribution in [3.05, 3.63) is 52.6 Å². The van der Waals surface area contributed by atoms with E-state index in [2.05, 4.69) is 9.97 Å². The predicted molar refractivity (Wildman–Crippen MR) is 72.7 cm³/mol. The van der Waals surface area contributed by atoms with E-state index in [1.54, 1.807) is 19.5 Å². The van der Waals surface area contributed by atoms with E-state index in [9.17, 15) is 4.79 Å². The molecule has 0 N–H and O–H groups in total. The summed E-state index contributed by atoms with van der Waals surface area (Å²) in [5, 5.41) is 0. The molecule has 1 heterocycles. The molecule has 98 valence electrons. The molecule has 2 rings (SSSR count). The van der Waals surface area contributed by atoms with Crippen LogP contribution in [-0.2, 0) is 0 Å². The molecule has 0 radical (unpaired) electrons. The van der Waals surface area contributed by atoms with Crippen LogP contribution in [0.2, 0.25) is 0 Å². The fraction of sp³-hybridized carbons (Fsp3) is 0.267. The van der Waals surface area contributed by atoms with Crippen molar-refractivity contribution < 1.29 is 9.53 Å². The van der Waals surface area contributed by atoms with Gasteiger partial charge in [-0.25, -0.2) is 9.97 Å². The summed E-state index contributed by atoms with van der Waals surface area (Å²) in [5.41, 5.74) is 3.36. The molecule has 0 bridgehead atoms. The Kier molecular flexibility index (Phi) is 3.60. The second-order valence-corrected chi connectivity index (χ2v) is 4.57. The van der Waals surface area contributed by atoms with Crippen LogP contribution < -0.4 is 4.74 Å². The first-order chi connectivity index (χ1) is 9.02. The number of nitrogens with zero attached hydrogens (tertiary/aromatic N) is 2. The topological polar surface area (TPSA) is 52.1 Å². The summed E-state index contributed by atoms with van der Waals surface area (Å²) in [6, 6.07) is 3.79. The van der Waals surface area contributed by atoms with E-state index in [1.165, 1.54) is 0 Å². The van der Waals surface area contributed by atoms with Gasteiger partial charge in [0, 0.05) is 12.4 Å². The average molecular weight is 256 g/mol. The van der Waals surface area contributed by atoms with Crippen LogP contribution in [0.25, 0.3) is 0 Å². The average Bonchev–Trinajstić information content (AvgIpc) is 2.38. The Morgan fingerprint density at radius 2 is 1.68 bits per heavy atom. The van der Waals surface area contributed by atoms with Crippen LogP contribution in [0.4, 0.5) is 0 Å². The highest BCUT2D eigenvalue weighted by Gasteiger charge is 2.19. The van der Waals surface area contributed by atoms with Gasteiger partial charge < -0.3 is 4.74 Å². The first-order valence-corrected chi connectivity index (χ1v) is 6.01. The number of ketones is 1. The Bertz CT molecular complexity index is 619. The highest BCUT2D eigenvalue weighted by Crippen LogP contribution is 2.25. The van der Waals surface area contributed by atoms with Gasteiger partial charge in [-0.2, -0.15) is 0 Å². The lowest BCUT2D eigenvalue weighted by Crippen LogP contribution is -2.10. The van der Waals surface area contributed by atoms with Crippen molar-refractivity contribution >= 4 is 5.78 Å². The Morgan fingerprint density at radius 1 is 1.05 bits per heavy atom. The van der Waals surface area contributed by atoms with E-state index < -0.39 is 0 Å². The minimum atomic E-state index is -0.214. The second-order valence-electron chi connectivity index (χ2n) is 4.57. The smallest absolute Gasteiger partial charge is 0.234 e. The second kappa shape index (κ2) is 5.18. The van der Waals surface area contributed by atoms with Crippen molar-refractivity contribution in [1.82, 2.24) is 9.97 Å². The molecular weight excluding hydrogens is 240 g/mol. The van der Waals surface area contributed by atoms with Crippen LogP contribution in [0.1, 0.15) is 32.9 Å². The molecule has 0 amide bonds. The molecule has 4 heteroatoms. The molecule has 1 aromatic carbocycles. The first-order valence-electron chi connectivity index (χ1n) is 6.01. The lowest BCUT2D eigenvalue weighted by atomic mass is 10.00. The monoisotopic (exact) mass is 256 g/mol. The van der Waals surface area contributed by atoms with Crippen molar-refractivity contribution in [1.29, 1.82) is 0 Å². The summed E-state index contributed by atoms with van der Waals surface area (Å²) in [4.78, 5) is 20.6. The first kappa shape index (κ1) is 13.2. The fourth-order valence-corrected chi connectivity index (χ4v) is 2.00. The number of carbonyl (C=O) groups excluding carboxylic acids is 1. The molecule has 19 heavy (non-hydrogen) atoms. The SMILES string of the molecule is COc1cc(C)cc(C)c1C(=O)c1ncc(C)cn1. The number of methoxy groups -OCH3 is 1. The van der Waals surface area contributed by atoms with Gasteiger partial charge in [0.25, 0.3) is 0 Å². The van der Waals surface area contributed by atoms with E-state index in [0.29, 0.717) is 11.3 Å². The van der Waals surface area contributed by atoms with Crippen LogP contribution in [0.15, 0.2) is 24.5 Å². The zero-order chi connectivity index (χ0) is 14.0. The zero-order valence-electron chi connectivity index (χ0n) is 11.5. The number of aromatic nitrogens is 2. The van der Waals surface area contributed by atoms with Gasteiger partial charge in [0.1, 0.15) is 5.75 Å². The summed E-state index contributed by atoms with van der Waals surface area (Å²) >= 11 is 0. The van der Waals surface area contributed by atoms with Crippen molar-refractivity contribution in [2.45, 2.75) is 20.8 Å². The van der Waals surface area contributed by atoms with Gasteiger partial charge in [-0.3, -0.25) is 4.79 Å². The molecule has 1 aromatic heterocycles. The predicted octanol–water partition coefficient (Wildman–Crippen LogP) is 2.64. The van der Waals surface area contributed by atoms with E-state index >= 15 is 0 Å². The van der Waals surface area contributed by atoms with Gasteiger partial charge in [0.2, 0.25) is 11.6 Å². The van der Waals surface area contributed by atoms with Crippen LogP contribution in [0.3, 0.4) is 0 Å². The third-order valence-electron chi connectivity index (χ3n) is 2.87. The van der Waals surface area contributed by atoms with E-state index in [0.717, 1.165) is 16.7 Å². The lowest BCUT2D eigenvalue weighted by Gasteiger charge is -2.11. The van der Waals surface area contributed by atoms with Gasteiger partial charge >= 0.3 is 0 Å². The van der Waals surface area contributed by atoms with E-state index in [4.69, 9.17) is 4.74 Å². The minimum absolute atomic E-state index is 0.191. The number of hydrogen-bond acceptors (Lipinski definition) is 4. The van der Waals surface area contributed by atoms with E-state index in [-0.39, 0.29) is 11.6 Å². The molecule has 0 aliphatic heterocycles. The maximum Gasteiger partial charge on any atom is 0.234 e. The Balaban J connectivity index is 2.52. The molecule has 0 unspecified atom stereocenters. The number of aryl methyl sites for hydroxylation is 3. The molecule has 0 aliphatic carbocycles. The Labute approximate surface area is 112 Å². The van der Waals surface area contributed by atoms with Crippen LogP contribution in [0.5, 0.6) is 5.75 Å². The standard InChI is InChI=1S/C15H16N2O2/c1-9-5-11(3)13(12(6-9)19-4)14(18)15-16-7-10(2)8-17-15/h5-8H,1-4H3. The summed E-state index contributed by atoms with van der Waals surface area (Å²) in [6.07, 6.45) is 3.27. The summed E-state index contributed by atoms with van der Waals surface area (Å²) in [6.45, 7) is 5.73. The third-order valence-corrected chi connectivity index (χ3v) is 2.87. The molecule has 4 nitrogen and oxygen atoms in total. The molecule has 2 aromatic rings. The van der Waals surface area contributed by atoms with Crippen molar-refractivity contribution in [2.75, 3.05) is 7.11 Å². The van der Waals surface area contributed by atoms with Crippen LogP contribution in [0, 0.1) is 20.8 Å². The van der Waals surface area contributed by atoms with Gasteiger partial charge in [-0.05, 0) is 43.5 Å². The van der Waals surface area contributed by atoms with Gasteiger partial charge in [-0.1, -0.05) is 6.07 Å². The molecule has 0 saturated carbocycles. The Hall–Kier alpha value is -2.23. The van der Waals surface area contributed by atoms with Gasteiger partial charge in [0.15, 0.2) is 0 Å². The van der Waals surface area contributed by atoms with Crippen molar-refractivity contribution in [3.63, 3.8) is 0 Å². The maximum absolute atomic E-state index is 12.5. The number of rotatable bonds is 3. The van der Waals surface area contributed by atoms with Crippen LogP contribution in [-0.4, -0.2) is 22.9 Å². The van der Waals surface area contributed by atoms with Gasteiger partial charge in [-0.15, -0.1) is 0 Å². The Morgan fingerprint density at radius 3 is 2.26 bits per heavy atom. The largest absolute Gasteiger partial charge is 0.496 e. The summed E-state index contributed by atoms with van der Waals surface area (Å²) in [7, 11) is 1.56. The van der Waals surface area contributed by atoms with Crippen molar-refractivity contribution in [2.24, 2.45) is 0 Å². The lowest BCUT2D eigenvalue weighted by molar-refractivity contribution is 0.102. The fourth-order valence-electron chi connectivity index (χ4n) is 2.00. The maximum atomic E-state index is 12.5. The van der Waals surface area contributed by atoms with Crippen molar-refractivity contribution in [3.8, 4) is 5.75 Å². The molecule has 0 aliphatic rings. The highest BCUT2D eigenvalue weighted by atomic mass is 16.5. The zero-order valence-corrected chi connectivity index (χ0v) is 11.5. The quantitative estimate of drug-likeness (QED) is 0.792. The molecular formula is C15H16N2O2. The normalized spacial score (nSPS) is 10.3. The van der Waals surface area contributed by atoms with E-state index in [1.807, 2.05) is 32.9 Å². The number of hydrogen-bond donors (Lipinski definition) is 0. The molecule has 0 saturated heterocycles. The third kappa shape index (κ3) is 2.62. The highest BCUT2D eigenvalue weighted by molar-refractivity contribution is 6.09. The number of ether oxygens (including phenoxy) is 1. The molecule has 0 atom stereocenters. The summed E-state index contributed by atoms with van der Waals surface area (Å²) in [5.74, 6) is 0.539. The van der Waals surface area contributed by atoms with Crippen LogP contribution >= 0.6 is 0 Å². The number of benzene rings is 1. The minimum Gasteiger partial charge on any atom is -0.496 e. The molecule has 0 fully saturated rings. The molecule has 0 spiro atoms. The summed E-state index contributed by atoms with van der Waals surface area (Å²) < 4.78 is 5.30.